The van der Waals surface area contributed by atoms with Gasteiger partial charge in [-0.1, -0.05) is 29.8 Å². The number of rotatable bonds is 5. The second kappa shape index (κ2) is 7.97. The normalized spacial score (nSPS) is 10.4. The average molecular weight is 370 g/mol. The summed E-state index contributed by atoms with van der Waals surface area (Å²) in [4.78, 5) is 16.4. The second-order valence-electron chi connectivity index (χ2n) is 5.83. The smallest absolute Gasteiger partial charge is 0.270 e. The Balaban J connectivity index is 1.62. The summed E-state index contributed by atoms with van der Waals surface area (Å²) in [6, 6.07) is 15.0. The van der Waals surface area contributed by atoms with Crippen LogP contribution in [0.4, 0.5) is 15.8 Å². The van der Waals surface area contributed by atoms with Crippen molar-refractivity contribution >= 4 is 28.9 Å². The molecule has 1 aromatic heterocycles. The van der Waals surface area contributed by atoms with Crippen LogP contribution >= 0.6 is 11.6 Å². The molecule has 3 rings (SSSR count). The fourth-order valence-electron chi connectivity index (χ4n) is 2.36. The predicted octanol–water partition coefficient (Wildman–Crippen LogP) is 4.86. The van der Waals surface area contributed by atoms with Crippen LogP contribution in [0.2, 0.25) is 5.02 Å². The quantitative estimate of drug-likeness (QED) is 0.675. The van der Waals surface area contributed by atoms with Gasteiger partial charge in [-0.05, 0) is 54.4 Å². The van der Waals surface area contributed by atoms with Gasteiger partial charge in [0.2, 0.25) is 0 Å². The Labute approximate surface area is 156 Å². The Morgan fingerprint density at radius 2 is 1.88 bits per heavy atom. The highest BCUT2D eigenvalue weighted by Gasteiger charge is 2.08. The zero-order valence-electron chi connectivity index (χ0n) is 14.1. The third-order valence-corrected chi connectivity index (χ3v) is 4.08. The van der Waals surface area contributed by atoms with Crippen LogP contribution in [0, 0.1) is 12.7 Å². The third-order valence-electron chi connectivity index (χ3n) is 3.84. The second-order valence-corrected chi connectivity index (χ2v) is 6.26. The number of aryl methyl sites for hydroxylation is 1. The first-order valence-electron chi connectivity index (χ1n) is 8.03. The van der Waals surface area contributed by atoms with E-state index in [1.54, 1.807) is 30.5 Å². The van der Waals surface area contributed by atoms with Crippen LogP contribution in [0.15, 0.2) is 60.8 Å². The number of carbonyl (C=O) groups is 1. The van der Waals surface area contributed by atoms with Crippen molar-refractivity contribution in [3.63, 3.8) is 0 Å². The number of amides is 1. The van der Waals surface area contributed by atoms with Gasteiger partial charge in [-0.25, -0.2) is 9.37 Å². The van der Waals surface area contributed by atoms with Gasteiger partial charge in [-0.3, -0.25) is 4.79 Å². The van der Waals surface area contributed by atoms with Crippen molar-refractivity contribution < 1.29 is 9.18 Å². The summed E-state index contributed by atoms with van der Waals surface area (Å²) >= 11 is 6.01. The maximum Gasteiger partial charge on any atom is 0.270 e. The van der Waals surface area contributed by atoms with Crippen molar-refractivity contribution in [1.29, 1.82) is 0 Å². The number of pyridine rings is 1. The highest BCUT2D eigenvalue weighted by atomic mass is 35.5. The largest absolute Gasteiger partial charge is 0.354 e. The number of carbonyl (C=O) groups excluding carboxylic acids is 1. The lowest BCUT2D eigenvalue weighted by molar-refractivity contribution is 0.0946. The van der Waals surface area contributed by atoms with E-state index in [0.717, 1.165) is 22.5 Å². The minimum Gasteiger partial charge on any atom is -0.354 e. The van der Waals surface area contributed by atoms with Gasteiger partial charge in [0.1, 0.15) is 11.5 Å². The molecule has 2 aromatic carbocycles. The summed E-state index contributed by atoms with van der Waals surface area (Å²) in [5.74, 6) is -0.598. The van der Waals surface area contributed by atoms with Crippen LogP contribution in [0.3, 0.4) is 0 Å². The minimum atomic E-state index is -0.306. The fourth-order valence-corrected chi connectivity index (χ4v) is 2.53. The topological polar surface area (TPSA) is 54.0 Å². The van der Waals surface area contributed by atoms with Crippen molar-refractivity contribution in [2.24, 2.45) is 0 Å². The molecule has 132 valence electrons. The number of hydrogen-bond donors (Lipinski definition) is 2. The first-order chi connectivity index (χ1) is 12.5. The van der Waals surface area contributed by atoms with Gasteiger partial charge in [-0.2, -0.15) is 0 Å². The molecule has 0 aliphatic heterocycles. The van der Waals surface area contributed by atoms with Gasteiger partial charge in [0, 0.05) is 17.3 Å². The third kappa shape index (κ3) is 4.58. The maximum absolute atomic E-state index is 12.9. The molecule has 1 amide bonds. The van der Waals surface area contributed by atoms with Crippen LogP contribution in [0.5, 0.6) is 0 Å². The number of halogens is 2. The van der Waals surface area contributed by atoms with Crippen molar-refractivity contribution in [1.82, 2.24) is 10.3 Å². The number of nitrogens with zero attached hydrogens (tertiary/aromatic N) is 1. The Kier molecular flexibility index (Phi) is 5.49. The van der Waals surface area contributed by atoms with Crippen LogP contribution in [-0.2, 0) is 6.54 Å². The monoisotopic (exact) mass is 369 g/mol. The first kappa shape index (κ1) is 17.9. The summed E-state index contributed by atoms with van der Waals surface area (Å²) in [6.07, 6.45) is 1.59. The molecule has 3 aromatic rings. The van der Waals surface area contributed by atoms with Gasteiger partial charge in [0.15, 0.2) is 0 Å². The van der Waals surface area contributed by atoms with E-state index in [1.165, 1.54) is 12.1 Å². The number of anilines is 2. The van der Waals surface area contributed by atoms with Gasteiger partial charge >= 0.3 is 0 Å². The molecule has 0 unspecified atom stereocenters. The number of hydrogen-bond acceptors (Lipinski definition) is 3. The van der Waals surface area contributed by atoms with Crippen LogP contribution < -0.4 is 10.6 Å². The molecule has 2 N–H and O–H groups in total. The van der Waals surface area contributed by atoms with Crippen LogP contribution in [0.25, 0.3) is 0 Å². The fraction of sp³-hybridized carbons (Fsp3) is 0.100. The van der Waals surface area contributed by atoms with E-state index in [0.29, 0.717) is 17.3 Å². The van der Waals surface area contributed by atoms with Crippen LogP contribution in [-0.4, -0.2) is 10.9 Å². The van der Waals surface area contributed by atoms with Crippen molar-refractivity contribution in [3.8, 4) is 0 Å². The Morgan fingerprint density at radius 1 is 1.12 bits per heavy atom. The molecule has 0 saturated heterocycles. The van der Waals surface area contributed by atoms with E-state index in [2.05, 4.69) is 15.6 Å². The van der Waals surface area contributed by atoms with E-state index in [4.69, 9.17) is 11.6 Å². The maximum atomic E-state index is 12.9. The van der Waals surface area contributed by atoms with E-state index >= 15 is 0 Å². The van der Waals surface area contributed by atoms with E-state index in [9.17, 15) is 9.18 Å². The summed E-state index contributed by atoms with van der Waals surface area (Å²) in [7, 11) is 0. The lowest BCUT2D eigenvalue weighted by Crippen LogP contribution is -2.23. The molecule has 0 spiro atoms. The molecule has 0 aliphatic carbocycles. The lowest BCUT2D eigenvalue weighted by Gasteiger charge is -2.10. The first-order valence-corrected chi connectivity index (χ1v) is 8.41. The molecule has 0 radical (unpaired) electrons. The summed E-state index contributed by atoms with van der Waals surface area (Å²) in [5.41, 5.74) is 3.81. The molecular weight excluding hydrogens is 353 g/mol. The zero-order chi connectivity index (χ0) is 18.5. The van der Waals surface area contributed by atoms with E-state index < -0.39 is 0 Å². The molecule has 0 atom stereocenters. The number of nitrogens with one attached hydrogen (secondary N) is 2. The Morgan fingerprint density at radius 3 is 2.58 bits per heavy atom. The van der Waals surface area contributed by atoms with E-state index in [1.807, 2.05) is 25.1 Å². The average Bonchev–Trinajstić information content (AvgIpc) is 2.64. The molecule has 0 fully saturated rings. The van der Waals surface area contributed by atoms with Gasteiger partial charge in [0.05, 0.1) is 11.9 Å². The van der Waals surface area contributed by atoms with Gasteiger partial charge < -0.3 is 10.6 Å². The molecule has 4 nitrogen and oxygen atoms in total. The molecule has 0 bridgehead atoms. The van der Waals surface area contributed by atoms with Crippen molar-refractivity contribution in [2.45, 2.75) is 13.5 Å². The SMILES string of the molecule is Cc1ccc(Cl)cc1Nc1ccc(C(=O)NCc2ccc(F)cc2)nc1. The highest BCUT2D eigenvalue weighted by Crippen LogP contribution is 2.23. The molecule has 0 saturated carbocycles. The standard InChI is InChI=1S/C20H17ClFN3O/c1-13-2-5-15(21)10-19(13)25-17-8-9-18(23-12-17)20(26)24-11-14-3-6-16(22)7-4-14/h2-10,12,25H,11H2,1H3,(H,24,26). The van der Waals surface area contributed by atoms with Gasteiger partial charge in [0.25, 0.3) is 5.91 Å². The van der Waals surface area contributed by atoms with E-state index in [-0.39, 0.29) is 11.7 Å². The summed E-state index contributed by atoms with van der Waals surface area (Å²) in [6.45, 7) is 2.28. The Bertz CT molecular complexity index is 911. The lowest BCUT2D eigenvalue weighted by atomic mass is 10.2. The zero-order valence-corrected chi connectivity index (χ0v) is 14.8. The van der Waals surface area contributed by atoms with Gasteiger partial charge in [-0.15, -0.1) is 0 Å². The van der Waals surface area contributed by atoms with Crippen LogP contribution in [0.1, 0.15) is 21.6 Å². The summed E-state index contributed by atoms with van der Waals surface area (Å²) in [5, 5.41) is 6.63. The number of aromatic nitrogens is 1. The Hall–Kier alpha value is -2.92. The molecular formula is C20H17ClFN3O. The summed E-state index contributed by atoms with van der Waals surface area (Å²) < 4.78 is 12.9. The van der Waals surface area contributed by atoms with Crippen molar-refractivity contribution in [2.75, 3.05) is 5.32 Å². The molecule has 6 heteroatoms. The molecule has 0 aliphatic rings. The molecule has 1 heterocycles. The predicted molar refractivity (Wildman–Crippen MR) is 101 cm³/mol. The number of benzene rings is 2. The minimum absolute atomic E-state index is 0.292. The highest BCUT2D eigenvalue weighted by molar-refractivity contribution is 6.30. The molecule has 26 heavy (non-hydrogen) atoms. The van der Waals surface area contributed by atoms with Crippen molar-refractivity contribution in [3.05, 3.63) is 88.5 Å².